The average Bonchev–Trinajstić information content (AvgIpc) is 2.94. The molecule has 2 aromatic rings. The van der Waals surface area contributed by atoms with E-state index in [9.17, 15) is 14.0 Å². The number of carboxylic acids is 1. The van der Waals surface area contributed by atoms with Crippen molar-refractivity contribution in [3.05, 3.63) is 59.9 Å². The molecule has 1 atom stereocenters. The molecule has 2 N–H and O–H groups in total. The molecule has 1 amide bonds. The maximum atomic E-state index is 13.5. The second-order valence-electron chi connectivity index (χ2n) is 5.44. The molecule has 132 valence electrons. The molecule has 0 aliphatic carbocycles. The second kappa shape index (κ2) is 7.92. The molecular weight excluding hydrogens is 357 g/mol. The number of halogens is 1. The molecule has 0 bridgehead atoms. The topological polar surface area (TPSA) is 91.1 Å². The zero-order chi connectivity index (χ0) is 18.5. The lowest BCUT2D eigenvalue weighted by Crippen LogP contribution is -2.26. The van der Waals surface area contributed by atoms with Crippen LogP contribution in [0.2, 0.25) is 0 Å². The van der Waals surface area contributed by atoms with Crippen molar-refractivity contribution in [2.24, 2.45) is 10.2 Å². The summed E-state index contributed by atoms with van der Waals surface area (Å²) in [5, 5.41) is 18.7. The molecule has 0 saturated carbocycles. The van der Waals surface area contributed by atoms with E-state index in [0.717, 1.165) is 22.9 Å². The number of thioether (sulfide) groups is 1. The van der Waals surface area contributed by atoms with Gasteiger partial charge in [0.15, 0.2) is 5.17 Å². The molecule has 6 nitrogen and oxygen atoms in total. The van der Waals surface area contributed by atoms with E-state index in [4.69, 9.17) is 5.11 Å². The van der Waals surface area contributed by atoms with Crippen molar-refractivity contribution in [3.8, 4) is 11.1 Å². The summed E-state index contributed by atoms with van der Waals surface area (Å²) in [5.74, 6) is -1.78. The lowest BCUT2D eigenvalue weighted by Gasteiger charge is -2.05. The summed E-state index contributed by atoms with van der Waals surface area (Å²) in [5.41, 5.74) is 2.24. The molecule has 1 aliphatic heterocycles. The Labute approximate surface area is 152 Å². The van der Waals surface area contributed by atoms with Crippen LogP contribution in [0.3, 0.4) is 0 Å². The van der Waals surface area contributed by atoms with Crippen LogP contribution in [0, 0.1) is 5.82 Å². The van der Waals surface area contributed by atoms with Crippen LogP contribution in [0.25, 0.3) is 11.1 Å². The van der Waals surface area contributed by atoms with Gasteiger partial charge in [-0.05, 0) is 23.3 Å². The number of aliphatic carboxylic acids is 1. The van der Waals surface area contributed by atoms with E-state index in [0.29, 0.717) is 5.56 Å². The highest BCUT2D eigenvalue weighted by Crippen LogP contribution is 2.24. The van der Waals surface area contributed by atoms with Crippen LogP contribution in [0.4, 0.5) is 4.39 Å². The number of hydrogen-bond donors (Lipinski definition) is 2. The lowest BCUT2D eigenvalue weighted by atomic mass is 10.0. The summed E-state index contributed by atoms with van der Waals surface area (Å²) >= 11 is 1.03. The minimum absolute atomic E-state index is 0.251. The van der Waals surface area contributed by atoms with Gasteiger partial charge in [-0.3, -0.25) is 9.59 Å². The molecule has 0 aromatic heterocycles. The normalized spacial score (nSPS) is 18.4. The van der Waals surface area contributed by atoms with E-state index in [1.165, 1.54) is 18.3 Å². The summed E-state index contributed by atoms with van der Waals surface area (Å²) < 4.78 is 13.5. The standard InChI is InChI=1S/C18H14FN3O3S/c19-13-6-3-5-11(8-13)14-7-2-1-4-12(14)10-20-22-18-21-17(25)15(26-18)9-16(23)24/h1-8,10,15H,9H2,(H,23,24)(H,21,22,25). The average molecular weight is 371 g/mol. The van der Waals surface area contributed by atoms with Gasteiger partial charge in [-0.25, -0.2) is 4.39 Å². The van der Waals surface area contributed by atoms with Crippen molar-refractivity contribution in [3.63, 3.8) is 0 Å². The molecule has 3 rings (SSSR count). The van der Waals surface area contributed by atoms with Crippen molar-refractivity contribution in [1.29, 1.82) is 0 Å². The van der Waals surface area contributed by atoms with E-state index in [-0.39, 0.29) is 17.4 Å². The second-order valence-corrected chi connectivity index (χ2v) is 6.63. The first-order valence-corrected chi connectivity index (χ1v) is 8.56. The largest absolute Gasteiger partial charge is 0.481 e. The SMILES string of the molecule is O=C(O)CC1SC(=NN=Cc2ccccc2-c2cccc(F)c2)NC1=O. The number of hydrogen-bond acceptors (Lipinski definition) is 5. The Morgan fingerprint density at radius 3 is 2.85 bits per heavy atom. The quantitative estimate of drug-likeness (QED) is 0.625. The fourth-order valence-electron chi connectivity index (χ4n) is 2.42. The molecule has 0 spiro atoms. The van der Waals surface area contributed by atoms with Gasteiger partial charge in [0.2, 0.25) is 5.91 Å². The lowest BCUT2D eigenvalue weighted by molar-refractivity contribution is -0.138. The molecule has 1 aliphatic rings. The van der Waals surface area contributed by atoms with Gasteiger partial charge < -0.3 is 10.4 Å². The third kappa shape index (κ3) is 4.34. The van der Waals surface area contributed by atoms with Crippen molar-refractivity contribution in [2.45, 2.75) is 11.7 Å². The van der Waals surface area contributed by atoms with Gasteiger partial charge in [-0.2, -0.15) is 5.10 Å². The minimum Gasteiger partial charge on any atom is -0.481 e. The van der Waals surface area contributed by atoms with Crippen LogP contribution in [0.15, 0.2) is 58.7 Å². The number of rotatable bonds is 5. The predicted octanol–water partition coefficient (Wildman–Crippen LogP) is 2.89. The van der Waals surface area contributed by atoms with Gasteiger partial charge in [0, 0.05) is 5.56 Å². The monoisotopic (exact) mass is 371 g/mol. The highest BCUT2D eigenvalue weighted by atomic mass is 32.2. The number of benzene rings is 2. The van der Waals surface area contributed by atoms with Crippen LogP contribution in [0.5, 0.6) is 0 Å². The highest BCUT2D eigenvalue weighted by Gasteiger charge is 2.32. The third-order valence-corrected chi connectivity index (χ3v) is 4.65. The Balaban J connectivity index is 1.78. The number of nitrogens with one attached hydrogen (secondary N) is 1. The van der Waals surface area contributed by atoms with E-state index in [1.807, 2.05) is 24.3 Å². The first-order valence-electron chi connectivity index (χ1n) is 7.68. The molecule has 1 heterocycles. The number of amidine groups is 1. The fourth-order valence-corrected chi connectivity index (χ4v) is 3.33. The molecular formula is C18H14FN3O3S. The third-order valence-electron chi connectivity index (χ3n) is 3.58. The van der Waals surface area contributed by atoms with Gasteiger partial charge in [0.05, 0.1) is 12.6 Å². The molecule has 1 saturated heterocycles. The fraction of sp³-hybridized carbons (Fsp3) is 0.111. The van der Waals surface area contributed by atoms with Crippen LogP contribution in [-0.2, 0) is 9.59 Å². The number of carboxylic acid groups (broad SMARTS) is 1. The molecule has 2 aromatic carbocycles. The molecule has 0 radical (unpaired) electrons. The van der Waals surface area contributed by atoms with Crippen molar-refractivity contribution >= 4 is 35.0 Å². The van der Waals surface area contributed by atoms with Gasteiger partial charge in [-0.1, -0.05) is 48.2 Å². The van der Waals surface area contributed by atoms with E-state index >= 15 is 0 Å². The van der Waals surface area contributed by atoms with Gasteiger partial charge in [0.25, 0.3) is 0 Å². The summed E-state index contributed by atoms with van der Waals surface area (Å²) in [7, 11) is 0. The van der Waals surface area contributed by atoms with Gasteiger partial charge in [-0.15, -0.1) is 5.10 Å². The number of nitrogens with zero attached hydrogens (tertiary/aromatic N) is 2. The Morgan fingerprint density at radius 2 is 2.08 bits per heavy atom. The van der Waals surface area contributed by atoms with Crippen molar-refractivity contribution < 1.29 is 19.1 Å². The van der Waals surface area contributed by atoms with Gasteiger partial charge in [0.1, 0.15) is 11.1 Å². The number of amides is 1. The molecule has 1 fully saturated rings. The zero-order valence-electron chi connectivity index (χ0n) is 13.4. The predicted molar refractivity (Wildman–Crippen MR) is 98.6 cm³/mol. The van der Waals surface area contributed by atoms with Crippen LogP contribution in [-0.4, -0.2) is 33.6 Å². The first-order chi connectivity index (χ1) is 12.5. The summed E-state index contributed by atoms with van der Waals surface area (Å²) in [6.07, 6.45) is 1.23. The summed E-state index contributed by atoms with van der Waals surface area (Å²) in [4.78, 5) is 22.4. The summed E-state index contributed by atoms with van der Waals surface area (Å²) in [6, 6.07) is 13.6. The van der Waals surface area contributed by atoms with Crippen LogP contribution in [0.1, 0.15) is 12.0 Å². The van der Waals surface area contributed by atoms with Crippen molar-refractivity contribution in [1.82, 2.24) is 5.32 Å². The van der Waals surface area contributed by atoms with E-state index in [2.05, 4.69) is 15.5 Å². The van der Waals surface area contributed by atoms with Crippen LogP contribution < -0.4 is 5.32 Å². The Morgan fingerprint density at radius 1 is 1.27 bits per heavy atom. The number of carbonyl (C=O) groups is 2. The molecule has 8 heteroatoms. The number of carbonyl (C=O) groups excluding carboxylic acids is 1. The molecule has 26 heavy (non-hydrogen) atoms. The van der Waals surface area contributed by atoms with Crippen molar-refractivity contribution in [2.75, 3.05) is 0 Å². The Kier molecular flexibility index (Phi) is 5.43. The minimum atomic E-state index is -1.05. The smallest absolute Gasteiger partial charge is 0.305 e. The zero-order valence-corrected chi connectivity index (χ0v) is 14.2. The van der Waals surface area contributed by atoms with E-state index < -0.39 is 17.1 Å². The summed E-state index contributed by atoms with van der Waals surface area (Å²) in [6.45, 7) is 0. The maximum Gasteiger partial charge on any atom is 0.305 e. The maximum absolute atomic E-state index is 13.5. The van der Waals surface area contributed by atoms with Crippen LogP contribution >= 0.6 is 11.8 Å². The van der Waals surface area contributed by atoms with Gasteiger partial charge >= 0.3 is 5.97 Å². The molecule has 1 unspecified atom stereocenters. The first kappa shape index (κ1) is 17.8. The Hall–Kier alpha value is -3.00. The Bertz CT molecular complexity index is 914. The highest BCUT2D eigenvalue weighted by molar-refractivity contribution is 8.15. The van der Waals surface area contributed by atoms with E-state index in [1.54, 1.807) is 12.1 Å².